The molecule has 8 aromatic carbocycles. The van der Waals surface area contributed by atoms with Crippen LogP contribution in [0.2, 0.25) is 0 Å². The summed E-state index contributed by atoms with van der Waals surface area (Å²) in [5.74, 6) is 2.59. The molecule has 0 fully saturated rings. The molecule has 11 nitrogen and oxygen atoms in total. The van der Waals surface area contributed by atoms with Crippen LogP contribution in [0.15, 0.2) is 285 Å². The monoisotopic (exact) mass is 1180 g/mol. The predicted octanol–water partition coefficient (Wildman–Crippen LogP) is 19.4. The molecule has 0 bridgehead atoms. The van der Waals surface area contributed by atoms with E-state index in [1.165, 1.54) is 0 Å². The summed E-state index contributed by atoms with van der Waals surface area (Å²) in [6.07, 6.45) is 3.54. The number of hydrogen-bond donors (Lipinski definition) is 0. The molecule has 92 heavy (non-hydrogen) atoms. The number of fused-ring (bicyclic) bond motifs is 6. The normalized spacial score (nSPS) is 11.3. The van der Waals surface area contributed by atoms with E-state index in [1.54, 1.807) is 12.4 Å². The third kappa shape index (κ3) is 11.5. The van der Waals surface area contributed by atoms with E-state index >= 15 is 0 Å². The zero-order chi connectivity index (χ0) is 61.9. The SMILES string of the molecule is CC(C)c1cc(-c2cccc(-c3nc(-c4ccccc4)nc(-c4ccccn4)n3)c2)c2ccc3ccc(-c4ccccc4)nc3c2n1.Cc1cc(-c2cccc(-c3nc(-c4ccccc4)cc(-c4ccccn4)n3)c2)c2ccc3ccc(-c4ccccc4)nc3c2n1. The third-order valence-corrected chi connectivity index (χ3v) is 16.3. The lowest BCUT2D eigenvalue weighted by atomic mass is 9.95. The molecule has 0 unspecified atom stereocenters. The number of aryl methyl sites for hydroxylation is 1. The van der Waals surface area contributed by atoms with Crippen molar-refractivity contribution in [1.82, 2.24) is 54.8 Å². The zero-order valence-electron chi connectivity index (χ0n) is 50.6. The summed E-state index contributed by atoms with van der Waals surface area (Å²) in [6.45, 7) is 6.40. The van der Waals surface area contributed by atoms with E-state index in [4.69, 9.17) is 44.9 Å². The quantitative estimate of drug-likeness (QED) is 0.114. The van der Waals surface area contributed by atoms with Crippen LogP contribution in [-0.2, 0) is 0 Å². The van der Waals surface area contributed by atoms with Gasteiger partial charge in [-0.1, -0.05) is 220 Å². The zero-order valence-corrected chi connectivity index (χ0v) is 50.6. The second-order valence-corrected chi connectivity index (χ2v) is 22.8. The molecule has 16 rings (SSSR count). The highest BCUT2D eigenvalue weighted by molar-refractivity contribution is 6.10. The first kappa shape index (κ1) is 56.3. The number of pyridine rings is 6. The van der Waals surface area contributed by atoms with Gasteiger partial charge in [0.15, 0.2) is 23.3 Å². The Bertz CT molecular complexity index is 5250. The number of benzene rings is 8. The molecule has 436 valence electrons. The molecule has 0 radical (unpaired) electrons. The van der Waals surface area contributed by atoms with E-state index in [0.29, 0.717) is 29.0 Å². The van der Waals surface area contributed by atoms with Crippen LogP contribution >= 0.6 is 0 Å². The third-order valence-electron chi connectivity index (χ3n) is 16.3. The van der Waals surface area contributed by atoms with Gasteiger partial charge in [-0.3, -0.25) is 19.9 Å². The van der Waals surface area contributed by atoms with E-state index in [2.05, 4.69) is 163 Å². The Labute approximate surface area is 532 Å². The van der Waals surface area contributed by atoms with Crippen LogP contribution < -0.4 is 0 Å². The van der Waals surface area contributed by atoms with Crippen LogP contribution in [0.25, 0.3) is 157 Å². The molecule has 8 heterocycles. The van der Waals surface area contributed by atoms with E-state index < -0.39 is 0 Å². The maximum atomic E-state index is 5.19. The highest BCUT2D eigenvalue weighted by Crippen LogP contribution is 2.39. The van der Waals surface area contributed by atoms with Gasteiger partial charge >= 0.3 is 0 Å². The van der Waals surface area contributed by atoms with Gasteiger partial charge in [-0.25, -0.2) is 34.9 Å². The average Bonchev–Trinajstić information content (AvgIpc) is 0.814. The first-order valence-corrected chi connectivity index (χ1v) is 30.7. The smallest absolute Gasteiger partial charge is 0.182 e. The maximum Gasteiger partial charge on any atom is 0.182 e. The Hall–Kier alpha value is -12.2. The summed E-state index contributed by atoms with van der Waals surface area (Å²) in [5.41, 5.74) is 20.8. The van der Waals surface area contributed by atoms with Crippen molar-refractivity contribution in [2.24, 2.45) is 0 Å². The highest BCUT2D eigenvalue weighted by atomic mass is 15.0. The van der Waals surface area contributed by atoms with Gasteiger partial charge in [-0.15, -0.1) is 0 Å². The van der Waals surface area contributed by atoms with Gasteiger partial charge in [0.2, 0.25) is 0 Å². The fourth-order valence-corrected chi connectivity index (χ4v) is 11.7. The lowest BCUT2D eigenvalue weighted by Gasteiger charge is -2.15. The maximum absolute atomic E-state index is 5.19. The van der Waals surface area contributed by atoms with Crippen molar-refractivity contribution in [3.8, 4) is 113 Å². The van der Waals surface area contributed by atoms with E-state index in [9.17, 15) is 0 Å². The van der Waals surface area contributed by atoms with E-state index in [1.807, 2.05) is 140 Å². The molecule has 0 atom stereocenters. The summed E-state index contributed by atoms with van der Waals surface area (Å²) in [4.78, 5) is 54.3. The van der Waals surface area contributed by atoms with Crippen LogP contribution in [0, 0.1) is 6.92 Å². The van der Waals surface area contributed by atoms with Gasteiger partial charge in [0, 0.05) is 78.7 Å². The van der Waals surface area contributed by atoms with Crippen molar-refractivity contribution in [2.45, 2.75) is 26.7 Å². The summed E-state index contributed by atoms with van der Waals surface area (Å²) in [5, 5.41) is 4.22. The van der Waals surface area contributed by atoms with Gasteiger partial charge in [-0.2, -0.15) is 0 Å². The summed E-state index contributed by atoms with van der Waals surface area (Å²) in [7, 11) is 0. The van der Waals surface area contributed by atoms with Gasteiger partial charge in [0.1, 0.15) is 5.69 Å². The lowest BCUT2D eigenvalue weighted by Crippen LogP contribution is -2.01. The van der Waals surface area contributed by atoms with Crippen LogP contribution in [0.1, 0.15) is 31.2 Å². The van der Waals surface area contributed by atoms with Gasteiger partial charge in [0.25, 0.3) is 0 Å². The van der Waals surface area contributed by atoms with Crippen molar-refractivity contribution >= 4 is 43.6 Å². The van der Waals surface area contributed by atoms with Crippen molar-refractivity contribution in [3.05, 3.63) is 297 Å². The lowest BCUT2D eigenvalue weighted by molar-refractivity contribution is 0.831. The first-order chi connectivity index (χ1) is 45.3. The molecule has 0 amide bonds. The Morgan fingerprint density at radius 2 is 0.674 bits per heavy atom. The van der Waals surface area contributed by atoms with Crippen molar-refractivity contribution in [3.63, 3.8) is 0 Å². The van der Waals surface area contributed by atoms with Gasteiger partial charge in [0.05, 0.1) is 50.5 Å². The summed E-state index contributed by atoms with van der Waals surface area (Å²) < 4.78 is 0. The van der Waals surface area contributed by atoms with Crippen LogP contribution in [0.3, 0.4) is 0 Å². The molecule has 0 saturated carbocycles. The summed E-state index contributed by atoms with van der Waals surface area (Å²) >= 11 is 0. The number of nitrogens with zero attached hydrogens (tertiary/aromatic N) is 11. The van der Waals surface area contributed by atoms with Crippen molar-refractivity contribution in [1.29, 1.82) is 0 Å². The molecule has 0 N–H and O–H groups in total. The topological polar surface area (TPSA) is 142 Å². The van der Waals surface area contributed by atoms with Crippen molar-refractivity contribution in [2.75, 3.05) is 0 Å². The minimum absolute atomic E-state index is 0.229. The second kappa shape index (κ2) is 24.8. The molecule has 0 aliphatic heterocycles. The average molecular weight is 1180 g/mol. The minimum atomic E-state index is 0.229. The van der Waals surface area contributed by atoms with Gasteiger partial charge < -0.3 is 0 Å². The molecule has 16 aromatic rings. The van der Waals surface area contributed by atoms with Gasteiger partial charge in [-0.05, 0) is 102 Å². The molecule has 8 aromatic heterocycles. The summed E-state index contributed by atoms with van der Waals surface area (Å²) in [6, 6.07) is 92.6. The Morgan fingerprint density at radius 3 is 1.21 bits per heavy atom. The van der Waals surface area contributed by atoms with Crippen LogP contribution in [-0.4, -0.2) is 54.8 Å². The van der Waals surface area contributed by atoms with Crippen LogP contribution in [0.4, 0.5) is 0 Å². The standard InChI is InChI=1S/C41H30N6.C40H27N5/c1-26(2)36-25-33(32-21-19-28-20-22-34(27-12-5-3-6-13-27)43-37(28)38(32)44-36)30-16-11-17-31(24-30)40-45-39(29-14-7-4-8-15-29)46-41(47-40)35-18-9-10-23-42-35;1-26-23-33(32-20-18-29-19-21-34(27-11-4-2-5-12-27)43-38(29)39(32)42-26)30-15-10-16-31(24-30)40-44-36(28-13-6-3-7-14-28)25-37(45-40)35-17-8-9-22-41-35/h3-26H,1-2H3;2-25H,1H3. The predicted molar refractivity (Wildman–Crippen MR) is 372 cm³/mol. The number of aromatic nitrogens is 11. The highest BCUT2D eigenvalue weighted by Gasteiger charge is 2.20. The van der Waals surface area contributed by atoms with E-state index in [-0.39, 0.29) is 5.92 Å². The fourth-order valence-electron chi connectivity index (χ4n) is 11.7. The molecule has 11 heteroatoms. The molecule has 0 aliphatic rings. The second-order valence-electron chi connectivity index (χ2n) is 22.8. The van der Waals surface area contributed by atoms with E-state index in [0.717, 1.165) is 139 Å². The first-order valence-electron chi connectivity index (χ1n) is 30.7. The Balaban J connectivity index is 0.000000153. The van der Waals surface area contributed by atoms with Crippen LogP contribution in [0.5, 0.6) is 0 Å². The number of hydrogen-bond acceptors (Lipinski definition) is 11. The minimum Gasteiger partial charge on any atom is -0.255 e. The molecule has 0 aliphatic carbocycles. The molecular formula is C81H57N11. The fraction of sp³-hybridized carbons (Fsp3) is 0.0494. The molecular weight excluding hydrogens is 1130 g/mol. The Morgan fingerprint density at radius 1 is 0.250 bits per heavy atom. The largest absolute Gasteiger partial charge is 0.255 e. The molecule has 0 spiro atoms. The number of rotatable bonds is 11. The molecule has 0 saturated heterocycles. The Kier molecular flexibility index (Phi) is 15.1. The van der Waals surface area contributed by atoms with Crippen molar-refractivity contribution < 1.29 is 0 Å².